The zero-order valence-electron chi connectivity index (χ0n) is 9.25. The maximum absolute atomic E-state index is 11.6. The highest BCUT2D eigenvalue weighted by Crippen LogP contribution is 2.08. The smallest absolute Gasteiger partial charge is 0.313 e. The minimum absolute atomic E-state index is 0.477. The first-order valence-corrected chi connectivity index (χ1v) is 5.07. The van der Waals surface area contributed by atoms with E-state index in [1.165, 1.54) is 6.21 Å². The van der Waals surface area contributed by atoms with Gasteiger partial charge in [0.2, 0.25) is 0 Å². The Hall–Kier alpha value is -2.43. The summed E-state index contributed by atoms with van der Waals surface area (Å²) in [4.78, 5) is 16.4. The molecule has 5 nitrogen and oxygen atoms in total. The van der Waals surface area contributed by atoms with Crippen LogP contribution in [0.15, 0.2) is 41.7 Å². The lowest BCUT2D eigenvalue weighted by Crippen LogP contribution is -2.03. The van der Waals surface area contributed by atoms with Crippen LogP contribution in [-0.4, -0.2) is 22.4 Å². The largest absolute Gasteiger partial charge is 0.365 e. The van der Waals surface area contributed by atoms with Gasteiger partial charge in [-0.05, 0) is 24.6 Å². The molecule has 2 aromatic rings. The molecule has 1 N–H and O–H groups in total. The molecule has 1 aromatic heterocycles. The van der Waals surface area contributed by atoms with Crippen LogP contribution >= 0.6 is 0 Å². The quantitative estimate of drug-likeness (QED) is 0.496. The number of benzene rings is 1. The number of carbonyl (C=O) groups is 1. The number of carbonyl (C=O) groups excluding carboxylic acids is 1. The summed E-state index contributed by atoms with van der Waals surface area (Å²) in [5.74, 6) is -0.477. The van der Waals surface area contributed by atoms with Crippen molar-refractivity contribution in [2.75, 3.05) is 0 Å². The van der Waals surface area contributed by atoms with E-state index in [2.05, 4.69) is 15.4 Å². The van der Waals surface area contributed by atoms with Crippen molar-refractivity contribution in [1.82, 2.24) is 10.2 Å². The van der Waals surface area contributed by atoms with Crippen molar-refractivity contribution in [3.8, 4) is 0 Å². The van der Waals surface area contributed by atoms with Crippen molar-refractivity contribution in [2.45, 2.75) is 6.92 Å². The number of hydrogen-bond donors (Lipinski definition) is 1. The number of nitrogens with one attached hydrogen (secondary N) is 1. The van der Waals surface area contributed by atoms with Crippen LogP contribution in [-0.2, 0) is 4.84 Å². The van der Waals surface area contributed by atoms with Gasteiger partial charge >= 0.3 is 5.97 Å². The highest BCUT2D eigenvalue weighted by atomic mass is 16.7. The Morgan fingerprint density at radius 2 is 2.24 bits per heavy atom. The standard InChI is InChI=1S/C12H11N3O2/c1-9-4-2-3-5-11(9)12(16)17-14-8-10-6-7-13-15-10/h2-8H,1H3,(H,13,15). The average molecular weight is 229 g/mol. The minimum Gasteiger partial charge on any atom is -0.313 e. The van der Waals surface area contributed by atoms with Crippen molar-refractivity contribution in [3.63, 3.8) is 0 Å². The molecule has 0 radical (unpaired) electrons. The van der Waals surface area contributed by atoms with Crippen LogP contribution < -0.4 is 0 Å². The van der Waals surface area contributed by atoms with Crippen molar-refractivity contribution in [3.05, 3.63) is 53.3 Å². The Morgan fingerprint density at radius 3 is 2.94 bits per heavy atom. The molecule has 1 heterocycles. The van der Waals surface area contributed by atoms with E-state index in [1.54, 1.807) is 24.4 Å². The molecule has 17 heavy (non-hydrogen) atoms. The van der Waals surface area contributed by atoms with Crippen LogP contribution in [0.25, 0.3) is 0 Å². The fourth-order valence-corrected chi connectivity index (χ4v) is 1.32. The first kappa shape index (κ1) is 11.1. The van der Waals surface area contributed by atoms with Crippen molar-refractivity contribution in [1.29, 1.82) is 0 Å². The summed E-state index contributed by atoms with van der Waals surface area (Å²) in [6.45, 7) is 1.84. The maximum Gasteiger partial charge on any atom is 0.365 e. The van der Waals surface area contributed by atoms with Gasteiger partial charge in [0.15, 0.2) is 0 Å². The number of aromatic nitrogens is 2. The van der Waals surface area contributed by atoms with Gasteiger partial charge in [0, 0.05) is 6.20 Å². The molecule has 5 heteroatoms. The molecule has 0 bridgehead atoms. The molecule has 1 aromatic carbocycles. The molecule has 0 atom stereocenters. The summed E-state index contributed by atoms with van der Waals surface area (Å²) in [5.41, 5.74) is 1.96. The predicted molar refractivity (Wildman–Crippen MR) is 62.8 cm³/mol. The van der Waals surface area contributed by atoms with Crippen LogP contribution in [0.5, 0.6) is 0 Å². The Kier molecular flexibility index (Phi) is 3.30. The summed E-state index contributed by atoms with van der Waals surface area (Å²) in [6, 6.07) is 8.89. The van der Waals surface area contributed by atoms with E-state index >= 15 is 0 Å². The Balaban J connectivity index is 2.01. The Morgan fingerprint density at radius 1 is 1.41 bits per heavy atom. The number of aromatic amines is 1. The molecule has 2 rings (SSSR count). The number of nitrogens with zero attached hydrogens (tertiary/aromatic N) is 2. The van der Waals surface area contributed by atoms with Crippen LogP contribution in [0.3, 0.4) is 0 Å². The van der Waals surface area contributed by atoms with E-state index < -0.39 is 5.97 Å². The summed E-state index contributed by atoms with van der Waals surface area (Å²) in [6.07, 6.45) is 3.02. The van der Waals surface area contributed by atoms with Gasteiger partial charge in [-0.3, -0.25) is 5.10 Å². The van der Waals surface area contributed by atoms with Gasteiger partial charge in [0.05, 0.1) is 11.8 Å². The number of aryl methyl sites for hydroxylation is 1. The molecule has 0 saturated heterocycles. The average Bonchev–Trinajstić information content (AvgIpc) is 2.82. The lowest BCUT2D eigenvalue weighted by atomic mass is 10.1. The van der Waals surface area contributed by atoms with E-state index in [4.69, 9.17) is 4.84 Å². The highest BCUT2D eigenvalue weighted by molar-refractivity contribution is 5.91. The fraction of sp³-hybridized carbons (Fsp3) is 0.0833. The van der Waals surface area contributed by atoms with E-state index in [-0.39, 0.29) is 0 Å². The van der Waals surface area contributed by atoms with Crippen molar-refractivity contribution < 1.29 is 9.63 Å². The molecule has 0 saturated carbocycles. The third-order valence-electron chi connectivity index (χ3n) is 2.21. The summed E-state index contributed by atoms with van der Waals surface area (Å²) >= 11 is 0. The topological polar surface area (TPSA) is 67.3 Å². The van der Waals surface area contributed by atoms with Crippen molar-refractivity contribution in [2.24, 2.45) is 5.16 Å². The number of hydrogen-bond acceptors (Lipinski definition) is 4. The highest BCUT2D eigenvalue weighted by Gasteiger charge is 2.08. The van der Waals surface area contributed by atoms with Gasteiger partial charge in [0.1, 0.15) is 5.69 Å². The second kappa shape index (κ2) is 5.07. The molecular formula is C12H11N3O2. The monoisotopic (exact) mass is 229 g/mol. The second-order valence-corrected chi connectivity index (χ2v) is 3.43. The van der Waals surface area contributed by atoms with E-state index in [9.17, 15) is 4.79 Å². The number of H-pyrrole nitrogens is 1. The Labute approximate surface area is 98.1 Å². The van der Waals surface area contributed by atoms with Crippen molar-refractivity contribution >= 4 is 12.2 Å². The van der Waals surface area contributed by atoms with Gasteiger partial charge in [-0.2, -0.15) is 5.10 Å². The molecule has 0 aliphatic heterocycles. The molecule has 0 amide bonds. The zero-order valence-corrected chi connectivity index (χ0v) is 9.25. The predicted octanol–water partition coefficient (Wildman–Crippen LogP) is 1.91. The first-order valence-electron chi connectivity index (χ1n) is 5.07. The molecule has 86 valence electrons. The SMILES string of the molecule is Cc1ccccc1C(=O)ON=Cc1cc[nH]n1. The number of rotatable bonds is 3. The van der Waals surface area contributed by atoms with Crippen LogP contribution in [0.4, 0.5) is 0 Å². The molecule has 0 spiro atoms. The summed E-state index contributed by atoms with van der Waals surface area (Å²) in [7, 11) is 0. The molecule has 0 aliphatic rings. The lowest BCUT2D eigenvalue weighted by Gasteiger charge is -2.00. The van der Waals surface area contributed by atoms with Gasteiger partial charge in [-0.1, -0.05) is 23.4 Å². The fourth-order valence-electron chi connectivity index (χ4n) is 1.32. The van der Waals surface area contributed by atoms with E-state index in [0.717, 1.165) is 5.56 Å². The first-order chi connectivity index (χ1) is 8.27. The lowest BCUT2D eigenvalue weighted by molar-refractivity contribution is 0.0518. The number of oxime groups is 1. The third-order valence-corrected chi connectivity index (χ3v) is 2.21. The van der Waals surface area contributed by atoms with Crippen LogP contribution in [0, 0.1) is 6.92 Å². The summed E-state index contributed by atoms with van der Waals surface area (Å²) in [5, 5.41) is 10.0. The third kappa shape index (κ3) is 2.78. The Bertz CT molecular complexity index is 532. The zero-order chi connectivity index (χ0) is 12.1. The molecule has 0 aliphatic carbocycles. The molecular weight excluding hydrogens is 218 g/mol. The van der Waals surface area contributed by atoms with Gasteiger partial charge in [0.25, 0.3) is 0 Å². The van der Waals surface area contributed by atoms with E-state index in [0.29, 0.717) is 11.3 Å². The van der Waals surface area contributed by atoms with Crippen LogP contribution in [0.1, 0.15) is 21.6 Å². The normalized spacial score (nSPS) is 10.6. The van der Waals surface area contributed by atoms with E-state index in [1.807, 2.05) is 19.1 Å². The molecule has 0 fully saturated rings. The maximum atomic E-state index is 11.6. The van der Waals surface area contributed by atoms with Gasteiger partial charge < -0.3 is 4.84 Å². The van der Waals surface area contributed by atoms with Gasteiger partial charge in [-0.15, -0.1) is 0 Å². The molecule has 0 unspecified atom stereocenters. The second-order valence-electron chi connectivity index (χ2n) is 3.43. The van der Waals surface area contributed by atoms with Gasteiger partial charge in [-0.25, -0.2) is 4.79 Å². The summed E-state index contributed by atoms with van der Waals surface area (Å²) < 4.78 is 0. The minimum atomic E-state index is -0.477. The van der Waals surface area contributed by atoms with Crippen LogP contribution in [0.2, 0.25) is 0 Å².